The van der Waals surface area contributed by atoms with E-state index in [9.17, 15) is 9.59 Å². The van der Waals surface area contributed by atoms with Crippen molar-refractivity contribution < 1.29 is 9.59 Å². The van der Waals surface area contributed by atoms with E-state index in [0.717, 1.165) is 0 Å². The van der Waals surface area contributed by atoms with E-state index < -0.39 is 0 Å². The first-order chi connectivity index (χ1) is 6.18. The minimum absolute atomic E-state index is 0.114. The summed E-state index contributed by atoms with van der Waals surface area (Å²) in [6.07, 6.45) is 0.985. The lowest BCUT2D eigenvalue weighted by molar-refractivity contribution is -0.118. The van der Waals surface area contributed by atoms with E-state index in [0.29, 0.717) is 25.3 Å². The highest BCUT2D eigenvalue weighted by Crippen LogP contribution is 1.87. The molecule has 0 radical (unpaired) electrons. The minimum atomic E-state index is -0.320. The third-order valence-corrected chi connectivity index (χ3v) is 1.53. The maximum absolute atomic E-state index is 10.7. The SMILES string of the molecule is NC(=O)CCCNC1=NCC(=O)N1. The van der Waals surface area contributed by atoms with Gasteiger partial charge in [0.25, 0.3) is 0 Å². The Hall–Kier alpha value is -1.59. The molecule has 13 heavy (non-hydrogen) atoms. The van der Waals surface area contributed by atoms with Gasteiger partial charge in [0.05, 0.1) is 0 Å². The molecule has 1 aliphatic rings. The zero-order chi connectivity index (χ0) is 9.68. The van der Waals surface area contributed by atoms with Crippen molar-refractivity contribution in [3.05, 3.63) is 0 Å². The summed E-state index contributed by atoms with van der Waals surface area (Å²) in [5, 5.41) is 5.40. The highest BCUT2D eigenvalue weighted by molar-refractivity contribution is 6.02. The maximum atomic E-state index is 10.7. The molecule has 0 aromatic heterocycles. The average molecular weight is 184 g/mol. The van der Waals surface area contributed by atoms with Crippen LogP contribution in [0.2, 0.25) is 0 Å². The molecule has 4 N–H and O–H groups in total. The van der Waals surface area contributed by atoms with E-state index in [-0.39, 0.29) is 18.4 Å². The summed E-state index contributed by atoms with van der Waals surface area (Å²) in [6.45, 7) is 0.764. The number of hydrogen-bond donors (Lipinski definition) is 3. The molecule has 0 fully saturated rings. The Kier molecular flexibility index (Phi) is 3.24. The standard InChI is InChI=1S/C7H12N4O2/c8-5(12)2-1-3-9-7-10-4-6(13)11-7/h1-4H2,(H2,8,12)(H2,9,10,11,13). The number of primary amides is 1. The highest BCUT2D eigenvalue weighted by atomic mass is 16.2. The average Bonchev–Trinajstić information content (AvgIpc) is 2.45. The van der Waals surface area contributed by atoms with Gasteiger partial charge in [0, 0.05) is 13.0 Å². The summed E-state index contributed by atoms with van der Waals surface area (Å²) in [5.74, 6) is 0.0473. The second-order valence-corrected chi connectivity index (χ2v) is 2.71. The Balaban J connectivity index is 2.07. The molecule has 1 aliphatic heterocycles. The molecule has 0 bridgehead atoms. The number of amides is 2. The summed E-state index contributed by atoms with van der Waals surface area (Å²) in [6, 6.07) is 0. The van der Waals surface area contributed by atoms with Gasteiger partial charge in [-0.2, -0.15) is 0 Å². The van der Waals surface area contributed by atoms with Crippen LogP contribution in [0.15, 0.2) is 4.99 Å². The van der Waals surface area contributed by atoms with Crippen molar-refractivity contribution >= 4 is 17.8 Å². The van der Waals surface area contributed by atoms with Gasteiger partial charge >= 0.3 is 0 Å². The number of guanidine groups is 1. The molecule has 0 aliphatic carbocycles. The van der Waals surface area contributed by atoms with Gasteiger partial charge in [-0.15, -0.1) is 0 Å². The van der Waals surface area contributed by atoms with Gasteiger partial charge in [-0.1, -0.05) is 0 Å². The molecule has 1 rings (SSSR count). The minimum Gasteiger partial charge on any atom is -0.370 e. The third kappa shape index (κ3) is 3.55. The van der Waals surface area contributed by atoms with Crippen molar-refractivity contribution in [3.63, 3.8) is 0 Å². The number of carbonyl (C=O) groups excluding carboxylic acids is 2. The molecular weight excluding hydrogens is 172 g/mol. The van der Waals surface area contributed by atoms with Gasteiger partial charge in [0.2, 0.25) is 11.8 Å². The largest absolute Gasteiger partial charge is 0.370 e. The molecule has 6 heteroatoms. The molecule has 0 unspecified atom stereocenters. The molecule has 0 aromatic carbocycles. The van der Waals surface area contributed by atoms with Gasteiger partial charge < -0.3 is 11.1 Å². The topological polar surface area (TPSA) is 96.6 Å². The van der Waals surface area contributed by atoms with Crippen molar-refractivity contribution in [2.45, 2.75) is 12.8 Å². The van der Waals surface area contributed by atoms with Crippen LogP contribution < -0.4 is 16.4 Å². The van der Waals surface area contributed by atoms with E-state index in [2.05, 4.69) is 15.6 Å². The first-order valence-corrected chi connectivity index (χ1v) is 4.05. The highest BCUT2D eigenvalue weighted by Gasteiger charge is 2.11. The monoisotopic (exact) mass is 184 g/mol. The van der Waals surface area contributed by atoms with Crippen molar-refractivity contribution in [2.24, 2.45) is 10.7 Å². The number of nitrogens with zero attached hydrogens (tertiary/aromatic N) is 1. The van der Waals surface area contributed by atoms with E-state index in [1.54, 1.807) is 0 Å². The first kappa shape index (κ1) is 9.50. The molecule has 6 nitrogen and oxygen atoms in total. The first-order valence-electron chi connectivity index (χ1n) is 4.05. The normalized spacial score (nSPS) is 15.1. The van der Waals surface area contributed by atoms with E-state index in [4.69, 9.17) is 5.73 Å². The van der Waals surface area contributed by atoms with Crippen LogP contribution in [0.5, 0.6) is 0 Å². The van der Waals surface area contributed by atoms with Crippen molar-refractivity contribution in [2.75, 3.05) is 13.1 Å². The predicted octanol–water partition coefficient (Wildman–Crippen LogP) is -1.67. The quantitative estimate of drug-likeness (QED) is 0.455. The van der Waals surface area contributed by atoms with Crippen LogP contribution in [0.4, 0.5) is 0 Å². The number of aliphatic imine (C=N–C) groups is 1. The summed E-state index contributed by atoms with van der Waals surface area (Å²) < 4.78 is 0. The van der Waals surface area contributed by atoms with Crippen LogP contribution in [0.3, 0.4) is 0 Å². The fourth-order valence-corrected chi connectivity index (χ4v) is 0.931. The molecule has 0 spiro atoms. The Morgan fingerprint density at radius 1 is 1.69 bits per heavy atom. The molecule has 0 saturated heterocycles. The Morgan fingerprint density at radius 3 is 3.00 bits per heavy atom. The van der Waals surface area contributed by atoms with Gasteiger partial charge in [-0.25, -0.2) is 4.99 Å². The molecule has 2 amide bonds. The zero-order valence-corrected chi connectivity index (χ0v) is 7.17. The van der Waals surface area contributed by atoms with Crippen LogP contribution in [-0.2, 0) is 9.59 Å². The lowest BCUT2D eigenvalue weighted by Crippen LogP contribution is -2.37. The molecular formula is C7H12N4O2. The van der Waals surface area contributed by atoms with Crippen molar-refractivity contribution in [1.29, 1.82) is 0 Å². The fourth-order valence-electron chi connectivity index (χ4n) is 0.931. The van der Waals surface area contributed by atoms with Crippen LogP contribution in [-0.4, -0.2) is 30.9 Å². The lowest BCUT2D eigenvalue weighted by atomic mass is 10.3. The molecule has 0 saturated carbocycles. The summed E-state index contributed by atoms with van der Waals surface area (Å²) in [7, 11) is 0. The van der Waals surface area contributed by atoms with Gasteiger partial charge in [0.15, 0.2) is 5.96 Å². The van der Waals surface area contributed by atoms with Gasteiger partial charge in [0.1, 0.15) is 6.54 Å². The number of nitrogens with two attached hydrogens (primary N) is 1. The Morgan fingerprint density at radius 2 is 2.46 bits per heavy atom. The van der Waals surface area contributed by atoms with E-state index >= 15 is 0 Å². The fraction of sp³-hybridized carbons (Fsp3) is 0.571. The molecule has 0 atom stereocenters. The Bertz CT molecular complexity index is 249. The second kappa shape index (κ2) is 4.44. The number of hydrogen-bond acceptors (Lipinski definition) is 4. The Labute approximate surface area is 75.6 Å². The van der Waals surface area contributed by atoms with Crippen LogP contribution in [0.25, 0.3) is 0 Å². The summed E-state index contributed by atoms with van der Waals surface area (Å²) in [4.78, 5) is 24.9. The van der Waals surface area contributed by atoms with E-state index in [1.165, 1.54) is 0 Å². The maximum Gasteiger partial charge on any atom is 0.248 e. The van der Waals surface area contributed by atoms with Gasteiger partial charge in [-0.05, 0) is 6.42 Å². The van der Waals surface area contributed by atoms with Crippen molar-refractivity contribution in [3.8, 4) is 0 Å². The van der Waals surface area contributed by atoms with E-state index in [1.807, 2.05) is 0 Å². The van der Waals surface area contributed by atoms with Gasteiger partial charge in [-0.3, -0.25) is 14.9 Å². The summed E-state index contributed by atoms with van der Waals surface area (Å²) in [5.41, 5.74) is 4.94. The number of rotatable bonds is 4. The van der Waals surface area contributed by atoms with Crippen LogP contribution in [0.1, 0.15) is 12.8 Å². The molecule has 72 valence electrons. The van der Waals surface area contributed by atoms with Crippen molar-refractivity contribution in [1.82, 2.24) is 10.6 Å². The smallest absolute Gasteiger partial charge is 0.248 e. The zero-order valence-electron chi connectivity index (χ0n) is 7.17. The summed E-state index contributed by atoms with van der Waals surface area (Å²) >= 11 is 0. The number of nitrogens with one attached hydrogen (secondary N) is 2. The molecule has 1 heterocycles. The predicted molar refractivity (Wildman–Crippen MR) is 46.9 cm³/mol. The second-order valence-electron chi connectivity index (χ2n) is 2.71. The third-order valence-electron chi connectivity index (χ3n) is 1.53. The van der Waals surface area contributed by atoms with Crippen LogP contribution >= 0.6 is 0 Å². The number of carbonyl (C=O) groups is 2. The molecule has 0 aromatic rings. The van der Waals surface area contributed by atoms with Crippen LogP contribution in [0, 0.1) is 0 Å². The lowest BCUT2D eigenvalue weighted by Gasteiger charge is -2.03.